The molecule has 0 spiro atoms. The lowest BCUT2D eigenvalue weighted by Gasteiger charge is -2.19. The van der Waals surface area contributed by atoms with Gasteiger partial charge in [0, 0.05) is 20.6 Å². The second kappa shape index (κ2) is 7.64. The number of hydrogen-bond acceptors (Lipinski definition) is 3. The molecule has 2 amide bonds. The van der Waals surface area contributed by atoms with Gasteiger partial charge in [-0.05, 0) is 37.3 Å². The van der Waals surface area contributed by atoms with Crippen LogP contribution in [0.3, 0.4) is 0 Å². The molecule has 0 saturated heterocycles. The van der Waals surface area contributed by atoms with Gasteiger partial charge in [-0.2, -0.15) is 0 Å². The molecule has 0 bridgehead atoms. The number of amides is 2. The summed E-state index contributed by atoms with van der Waals surface area (Å²) < 4.78 is 5.89. The molecule has 128 valence electrons. The molecule has 5 nitrogen and oxygen atoms in total. The van der Waals surface area contributed by atoms with Crippen LogP contribution in [0, 0.1) is 0 Å². The third-order valence-electron chi connectivity index (χ3n) is 3.47. The van der Waals surface area contributed by atoms with Gasteiger partial charge in [-0.1, -0.05) is 26.0 Å². The maximum atomic E-state index is 12.8. The number of anilines is 2. The van der Waals surface area contributed by atoms with Gasteiger partial charge in [0.1, 0.15) is 5.75 Å². The zero-order valence-electron chi connectivity index (χ0n) is 14.4. The fraction of sp³-hybridized carbons (Fsp3) is 0.263. The smallest absolute Gasteiger partial charge is 0.262 e. The number of carbonyl (C=O) groups is 2. The average molecular weight is 328 g/mol. The quantitative estimate of drug-likeness (QED) is 0.870. The Morgan fingerprint density at radius 2 is 1.88 bits per heavy atom. The van der Waals surface area contributed by atoms with Crippen LogP contribution in [0.2, 0.25) is 0 Å². The van der Waals surface area contributed by atoms with Crippen LogP contribution in [0.25, 0.3) is 0 Å². The van der Waals surface area contributed by atoms with Crippen molar-refractivity contribution in [2.45, 2.75) is 27.7 Å². The Hall–Kier alpha value is -2.82. The van der Waals surface area contributed by atoms with Gasteiger partial charge in [-0.25, -0.2) is 0 Å². The summed E-state index contributed by atoms with van der Waals surface area (Å²) in [6.07, 6.45) is 0. The molecule has 0 fully saturated rings. The number of benzene rings is 2. The van der Waals surface area contributed by atoms with Crippen molar-refractivity contribution < 1.29 is 15.8 Å². The number of rotatable bonds is 2. The van der Waals surface area contributed by atoms with E-state index in [-0.39, 0.29) is 13.2 Å². The average Bonchev–Trinajstić information content (AvgIpc) is 2.70. The highest BCUT2D eigenvalue weighted by atomic mass is 16.5. The standard InChI is InChI=1S/C17H16N2O3.C2H6.H2/c1-3-19-14-6-4-5-7-16(14)22-15-9-8-12(18-11(2)20)10-13(15)17(19)21;1-2;/h4-10H,3H2,1-2H3,(H,18,20);1-2H3;1H. The predicted octanol–water partition coefficient (Wildman–Crippen LogP) is 4.69. The molecular formula is C19H24N2O3. The molecule has 0 atom stereocenters. The zero-order chi connectivity index (χ0) is 17.7. The van der Waals surface area contributed by atoms with Gasteiger partial charge < -0.3 is 15.0 Å². The van der Waals surface area contributed by atoms with Crippen molar-refractivity contribution in [3.05, 3.63) is 48.0 Å². The summed E-state index contributed by atoms with van der Waals surface area (Å²) in [5.41, 5.74) is 1.75. The predicted molar refractivity (Wildman–Crippen MR) is 98.1 cm³/mol. The van der Waals surface area contributed by atoms with E-state index in [0.29, 0.717) is 29.3 Å². The van der Waals surface area contributed by atoms with Crippen LogP contribution in [0.4, 0.5) is 11.4 Å². The monoisotopic (exact) mass is 328 g/mol. The maximum absolute atomic E-state index is 12.8. The van der Waals surface area contributed by atoms with E-state index < -0.39 is 0 Å². The molecule has 0 saturated carbocycles. The summed E-state index contributed by atoms with van der Waals surface area (Å²) in [6, 6.07) is 12.5. The Balaban J connectivity index is 0.00000101. The number of ether oxygens (including phenoxy) is 1. The van der Waals surface area contributed by atoms with Crippen LogP contribution in [0.5, 0.6) is 11.5 Å². The number of fused-ring (bicyclic) bond motifs is 2. The first-order valence-corrected chi connectivity index (χ1v) is 8.10. The molecule has 0 aromatic heterocycles. The lowest BCUT2D eigenvalue weighted by Crippen LogP contribution is -2.29. The van der Waals surface area contributed by atoms with E-state index in [4.69, 9.17) is 4.74 Å². The molecule has 2 aromatic carbocycles. The van der Waals surface area contributed by atoms with E-state index >= 15 is 0 Å². The van der Waals surface area contributed by atoms with Gasteiger partial charge in [-0.15, -0.1) is 0 Å². The van der Waals surface area contributed by atoms with Crippen molar-refractivity contribution in [1.82, 2.24) is 0 Å². The van der Waals surface area contributed by atoms with Crippen LogP contribution in [-0.2, 0) is 4.79 Å². The van der Waals surface area contributed by atoms with Gasteiger partial charge in [0.2, 0.25) is 5.91 Å². The summed E-state index contributed by atoms with van der Waals surface area (Å²) in [7, 11) is 0. The highest BCUT2D eigenvalue weighted by Gasteiger charge is 2.27. The Morgan fingerprint density at radius 3 is 2.54 bits per heavy atom. The molecule has 1 heterocycles. The number of para-hydroxylation sites is 2. The number of nitrogens with one attached hydrogen (secondary N) is 1. The van der Waals surface area contributed by atoms with Crippen LogP contribution >= 0.6 is 0 Å². The Morgan fingerprint density at radius 1 is 1.17 bits per heavy atom. The first kappa shape index (κ1) is 17.5. The Labute approximate surface area is 143 Å². The Kier molecular flexibility index (Phi) is 5.58. The van der Waals surface area contributed by atoms with E-state index in [9.17, 15) is 9.59 Å². The fourth-order valence-electron chi connectivity index (χ4n) is 2.52. The first-order chi connectivity index (χ1) is 11.6. The van der Waals surface area contributed by atoms with Gasteiger partial charge in [-0.3, -0.25) is 9.59 Å². The van der Waals surface area contributed by atoms with E-state index in [2.05, 4.69) is 5.32 Å². The Bertz CT molecular complexity index is 762. The third kappa shape index (κ3) is 3.40. The van der Waals surface area contributed by atoms with Crippen LogP contribution in [0.1, 0.15) is 39.5 Å². The second-order valence-corrected chi connectivity index (χ2v) is 5.01. The zero-order valence-corrected chi connectivity index (χ0v) is 14.4. The number of carbonyl (C=O) groups excluding carboxylic acids is 2. The largest absolute Gasteiger partial charge is 0.454 e. The van der Waals surface area contributed by atoms with Gasteiger partial charge in [0.15, 0.2) is 5.75 Å². The summed E-state index contributed by atoms with van der Waals surface area (Å²) >= 11 is 0. The van der Waals surface area contributed by atoms with Gasteiger partial charge >= 0.3 is 0 Å². The molecule has 0 unspecified atom stereocenters. The summed E-state index contributed by atoms with van der Waals surface area (Å²) in [6.45, 7) is 7.87. The van der Waals surface area contributed by atoms with Crippen molar-refractivity contribution in [2.75, 3.05) is 16.8 Å². The number of nitrogens with zero attached hydrogens (tertiary/aromatic N) is 1. The molecule has 0 aliphatic carbocycles. The van der Waals surface area contributed by atoms with Crippen molar-refractivity contribution in [3.63, 3.8) is 0 Å². The molecule has 0 radical (unpaired) electrons. The maximum Gasteiger partial charge on any atom is 0.262 e. The SMILES string of the molecule is CC.CCN1C(=O)c2cc(NC(C)=O)ccc2Oc2ccccc21.[HH]. The molecule has 3 rings (SSSR count). The van der Waals surface area contributed by atoms with Crippen molar-refractivity contribution in [2.24, 2.45) is 0 Å². The van der Waals surface area contributed by atoms with Crippen molar-refractivity contribution in [3.8, 4) is 11.5 Å². The highest BCUT2D eigenvalue weighted by molar-refractivity contribution is 6.10. The lowest BCUT2D eigenvalue weighted by atomic mass is 10.1. The normalized spacial score (nSPS) is 12.0. The van der Waals surface area contributed by atoms with Crippen LogP contribution in [-0.4, -0.2) is 18.4 Å². The minimum absolute atomic E-state index is 0. The van der Waals surface area contributed by atoms with E-state index in [1.165, 1.54) is 6.92 Å². The van der Waals surface area contributed by atoms with E-state index in [0.717, 1.165) is 5.69 Å². The molecule has 1 aliphatic rings. The molecule has 1 N–H and O–H groups in total. The first-order valence-electron chi connectivity index (χ1n) is 8.10. The third-order valence-corrected chi connectivity index (χ3v) is 3.47. The molecular weight excluding hydrogens is 304 g/mol. The van der Waals surface area contributed by atoms with Crippen LogP contribution < -0.4 is 15.0 Å². The van der Waals surface area contributed by atoms with Gasteiger partial charge in [0.25, 0.3) is 5.91 Å². The molecule has 1 aliphatic heterocycles. The second-order valence-electron chi connectivity index (χ2n) is 5.01. The van der Waals surface area contributed by atoms with Crippen LogP contribution in [0.15, 0.2) is 42.5 Å². The van der Waals surface area contributed by atoms with Gasteiger partial charge in [0.05, 0.1) is 11.3 Å². The van der Waals surface area contributed by atoms with Crippen molar-refractivity contribution >= 4 is 23.2 Å². The summed E-state index contributed by atoms with van der Waals surface area (Å²) in [4.78, 5) is 25.7. The molecule has 24 heavy (non-hydrogen) atoms. The summed E-state index contributed by atoms with van der Waals surface area (Å²) in [5, 5.41) is 2.68. The molecule has 2 aromatic rings. The minimum atomic E-state index is -0.183. The lowest BCUT2D eigenvalue weighted by molar-refractivity contribution is -0.114. The minimum Gasteiger partial charge on any atom is -0.454 e. The highest BCUT2D eigenvalue weighted by Crippen LogP contribution is 2.39. The topological polar surface area (TPSA) is 58.6 Å². The van der Waals surface area contributed by atoms with E-state index in [1.54, 1.807) is 23.1 Å². The van der Waals surface area contributed by atoms with E-state index in [1.807, 2.05) is 45.0 Å². The van der Waals surface area contributed by atoms with Crippen molar-refractivity contribution in [1.29, 1.82) is 0 Å². The number of hydrogen-bond donors (Lipinski definition) is 1. The fourth-order valence-corrected chi connectivity index (χ4v) is 2.52. The summed E-state index contributed by atoms with van der Waals surface area (Å²) in [5.74, 6) is 0.804. The molecule has 5 heteroatoms.